The van der Waals surface area contributed by atoms with Gasteiger partial charge in [-0.2, -0.15) is 0 Å². The van der Waals surface area contributed by atoms with Crippen LogP contribution >= 0.6 is 0 Å². The lowest BCUT2D eigenvalue weighted by Crippen LogP contribution is -1.92. The zero-order chi connectivity index (χ0) is 16.6. The first-order valence-corrected chi connectivity index (χ1v) is 10.2. The number of unbranched alkanes of at least 4 members (excludes halogenated alkanes) is 13. The lowest BCUT2D eigenvalue weighted by Gasteiger charge is -2.05. The highest BCUT2D eigenvalue weighted by Gasteiger charge is 1.98. The minimum atomic E-state index is 1.21. The van der Waals surface area contributed by atoms with Crippen LogP contribution in [0.15, 0.2) is 18.3 Å². The van der Waals surface area contributed by atoms with Gasteiger partial charge in [-0.1, -0.05) is 96.5 Å². The van der Waals surface area contributed by atoms with Gasteiger partial charge in [-0.05, 0) is 31.4 Å². The molecular formula is C22H39N. The SMILES string of the molecule is CCCCCCCCCCCCCCCCc1cccnc1C. The normalized spacial score (nSPS) is 11.0. The molecule has 0 radical (unpaired) electrons. The molecule has 0 saturated heterocycles. The lowest BCUT2D eigenvalue weighted by molar-refractivity contribution is 0.535. The van der Waals surface area contributed by atoms with E-state index in [4.69, 9.17) is 0 Å². The average molecular weight is 318 g/mol. The second-order valence-electron chi connectivity index (χ2n) is 7.09. The van der Waals surface area contributed by atoms with Crippen LogP contribution in [0.4, 0.5) is 0 Å². The number of nitrogens with zero attached hydrogens (tertiary/aromatic N) is 1. The maximum Gasteiger partial charge on any atom is 0.0404 e. The Morgan fingerprint density at radius 2 is 1.17 bits per heavy atom. The highest BCUT2D eigenvalue weighted by Crippen LogP contribution is 2.14. The van der Waals surface area contributed by atoms with E-state index >= 15 is 0 Å². The van der Waals surface area contributed by atoms with E-state index in [0.717, 1.165) is 0 Å². The molecular weight excluding hydrogens is 278 g/mol. The van der Waals surface area contributed by atoms with E-state index < -0.39 is 0 Å². The molecule has 0 N–H and O–H groups in total. The Labute approximate surface area is 145 Å². The number of aromatic nitrogens is 1. The van der Waals surface area contributed by atoms with Gasteiger partial charge < -0.3 is 0 Å². The van der Waals surface area contributed by atoms with Crippen molar-refractivity contribution < 1.29 is 0 Å². The Morgan fingerprint density at radius 1 is 0.696 bits per heavy atom. The number of hydrogen-bond acceptors (Lipinski definition) is 1. The van der Waals surface area contributed by atoms with Crippen LogP contribution in [0.1, 0.15) is 108 Å². The van der Waals surface area contributed by atoms with E-state index in [0.29, 0.717) is 0 Å². The van der Waals surface area contributed by atoms with Crippen molar-refractivity contribution >= 4 is 0 Å². The summed E-state index contributed by atoms with van der Waals surface area (Å²) in [6, 6.07) is 4.29. The Bertz CT molecular complexity index is 372. The molecule has 0 aliphatic carbocycles. The predicted octanol–water partition coefficient (Wildman–Crippen LogP) is 7.41. The van der Waals surface area contributed by atoms with E-state index in [2.05, 4.69) is 31.0 Å². The molecule has 0 spiro atoms. The molecule has 1 nitrogen and oxygen atoms in total. The Hall–Kier alpha value is -0.850. The van der Waals surface area contributed by atoms with Crippen molar-refractivity contribution in [2.75, 3.05) is 0 Å². The summed E-state index contributed by atoms with van der Waals surface area (Å²) in [5.41, 5.74) is 2.65. The van der Waals surface area contributed by atoms with Crippen molar-refractivity contribution in [3.8, 4) is 0 Å². The highest BCUT2D eigenvalue weighted by atomic mass is 14.7. The van der Waals surface area contributed by atoms with Crippen LogP contribution in [-0.4, -0.2) is 4.98 Å². The number of rotatable bonds is 15. The first-order valence-electron chi connectivity index (χ1n) is 10.2. The fourth-order valence-electron chi connectivity index (χ4n) is 3.29. The van der Waals surface area contributed by atoms with Crippen LogP contribution in [0.3, 0.4) is 0 Å². The summed E-state index contributed by atoms with van der Waals surface area (Å²) in [5, 5.41) is 0. The fraction of sp³-hybridized carbons (Fsp3) is 0.773. The van der Waals surface area contributed by atoms with E-state index in [1.54, 1.807) is 0 Å². The number of aryl methyl sites for hydroxylation is 2. The minimum Gasteiger partial charge on any atom is -0.261 e. The molecule has 1 aromatic rings. The van der Waals surface area contributed by atoms with Gasteiger partial charge >= 0.3 is 0 Å². The molecule has 1 heterocycles. The van der Waals surface area contributed by atoms with Crippen LogP contribution in [0, 0.1) is 6.92 Å². The molecule has 0 aliphatic heterocycles. The Morgan fingerprint density at radius 3 is 1.65 bits per heavy atom. The first kappa shape index (κ1) is 20.2. The number of pyridine rings is 1. The maximum atomic E-state index is 4.36. The van der Waals surface area contributed by atoms with Crippen LogP contribution < -0.4 is 0 Å². The van der Waals surface area contributed by atoms with Crippen molar-refractivity contribution in [3.05, 3.63) is 29.6 Å². The van der Waals surface area contributed by atoms with Crippen LogP contribution in [-0.2, 0) is 6.42 Å². The van der Waals surface area contributed by atoms with Crippen molar-refractivity contribution in [1.82, 2.24) is 4.98 Å². The summed E-state index contributed by atoms with van der Waals surface area (Å²) in [5.74, 6) is 0. The molecule has 1 heteroatoms. The third-order valence-electron chi connectivity index (χ3n) is 4.92. The van der Waals surface area contributed by atoms with Gasteiger partial charge in [-0.3, -0.25) is 4.98 Å². The summed E-state index contributed by atoms with van der Waals surface area (Å²) in [7, 11) is 0. The van der Waals surface area contributed by atoms with Gasteiger partial charge in [-0.25, -0.2) is 0 Å². The molecule has 0 unspecified atom stereocenters. The van der Waals surface area contributed by atoms with Crippen LogP contribution in [0.25, 0.3) is 0 Å². The van der Waals surface area contributed by atoms with E-state index in [9.17, 15) is 0 Å². The first-order chi connectivity index (χ1) is 11.3. The maximum absolute atomic E-state index is 4.36. The smallest absolute Gasteiger partial charge is 0.0404 e. The molecule has 132 valence electrons. The van der Waals surface area contributed by atoms with Crippen molar-refractivity contribution in [1.29, 1.82) is 0 Å². The second-order valence-corrected chi connectivity index (χ2v) is 7.09. The zero-order valence-electron chi connectivity index (χ0n) is 15.8. The third kappa shape index (κ3) is 11.3. The van der Waals surface area contributed by atoms with Gasteiger partial charge in [0, 0.05) is 11.9 Å². The third-order valence-corrected chi connectivity index (χ3v) is 4.92. The van der Waals surface area contributed by atoms with E-state index in [1.165, 1.54) is 108 Å². The summed E-state index contributed by atoms with van der Waals surface area (Å²) >= 11 is 0. The summed E-state index contributed by atoms with van der Waals surface area (Å²) in [6.07, 6.45) is 23.1. The van der Waals surface area contributed by atoms with Gasteiger partial charge in [0.15, 0.2) is 0 Å². The quantitative estimate of drug-likeness (QED) is 0.307. The van der Waals surface area contributed by atoms with Gasteiger partial charge in [0.25, 0.3) is 0 Å². The standard InChI is InChI=1S/C22H39N/c1-3-4-5-6-7-8-9-10-11-12-13-14-15-16-18-22-19-17-20-23-21(22)2/h17,19-20H,3-16,18H2,1-2H3. The lowest BCUT2D eigenvalue weighted by atomic mass is 10.0. The second kappa shape index (κ2) is 14.7. The molecule has 0 bridgehead atoms. The molecule has 0 atom stereocenters. The monoisotopic (exact) mass is 317 g/mol. The predicted molar refractivity (Wildman–Crippen MR) is 103 cm³/mol. The molecule has 0 fully saturated rings. The number of hydrogen-bond donors (Lipinski definition) is 0. The van der Waals surface area contributed by atoms with Crippen molar-refractivity contribution in [3.63, 3.8) is 0 Å². The largest absolute Gasteiger partial charge is 0.261 e. The van der Waals surface area contributed by atoms with E-state index in [1.807, 2.05) is 6.20 Å². The van der Waals surface area contributed by atoms with Gasteiger partial charge in [0.2, 0.25) is 0 Å². The van der Waals surface area contributed by atoms with Gasteiger partial charge in [-0.15, -0.1) is 0 Å². The molecule has 0 amide bonds. The fourth-order valence-corrected chi connectivity index (χ4v) is 3.29. The summed E-state index contributed by atoms with van der Waals surface area (Å²) in [4.78, 5) is 4.36. The molecule has 1 rings (SSSR count). The zero-order valence-corrected chi connectivity index (χ0v) is 15.8. The summed E-state index contributed by atoms with van der Waals surface area (Å²) in [6.45, 7) is 4.42. The molecule has 23 heavy (non-hydrogen) atoms. The average Bonchev–Trinajstić information content (AvgIpc) is 2.57. The van der Waals surface area contributed by atoms with Crippen molar-refractivity contribution in [2.24, 2.45) is 0 Å². The molecule has 0 aliphatic rings. The van der Waals surface area contributed by atoms with E-state index in [-0.39, 0.29) is 0 Å². The Balaban J connectivity index is 1.79. The molecule has 0 aromatic carbocycles. The topological polar surface area (TPSA) is 12.9 Å². The summed E-state index contributed by atoms with van der Waals surface area (Å²) < 4.78 is 0. The molecule has 1 aromatic heterocycles. The van der Waals surface area contributed by atoms with Crippen LogP contribution in [0.2, 0.25) is 0 Å². The van der Waals surface area contributed by atoms with Gasteiger partial charge in [0.1, 0.15) is 0 Å². The highest BCUT2D eigenvalue weighted by molar-refractivity contribution is 5.18. The van der Waals surface area contributed by atoms with Crippen molar-refractivity contribution in [2.45, 2.75) is 110 Å². The molecule has 0 saturated carbocycles. The van der Waals surface area contributed by atoms with Crippen LogP contribution in [0.5, 0.6) is 0 Å². The Kier molecular flexibility index (Phi) is 12.9. The minimum absolute atomic E-state index is 1.21. The van der Waals surface area contributed by atoms with Gasteiger partial charge in [0.05, 0.1) is 0 Å².